The third kappa shape index (κ3) is 8.40. The molecule has 0 atom stereocenters. The smallest absolute Gasteiger partial charge is 0.161 e. The molecule has 5 rings (SSSR count). The van der Waals surface area contributed by atoms with Crippen LogP contribution in [0.4, 0.5) is 0 Å². The average molecular weight is 777 g/mol. The van der Waals surface area contributed by atoms with Crippen LogP contribution in [-0.2, 0) is 5.60 Å². The van der Waals surface area contributed by atoms with Crippen LogP contribution >= 0.6 is 31.9 Å². The summed E-state index contributed by atoms with van der Waals surface area (Å²) in [5.74, 6) is 1.58. The number of aryl methyl sites for hydroxylation is 2. The van der Waals surface area contributed by atoms with Gasteiger partial charge in [0.2, 0.25) is 0 Å². The molecule has 0 aromatic heterocycles. The maximum atomic E-state index is 13.1. The van der Waals surface area contributed by atoms with Crippen molar-refractivity contribution in [3.8, 4) is 33.8 Å². The second kappa shape index (κ2) is 17.4. The lowest BCUT2D eigenvalue weighted by atomic mass is 9.79. The van der Waals surface area contributed by atoms with E-state index in [9.17, 15) is 5.11 Å². The number of rotatable bonds is 18. The van der Waals surface area contributed by atoms with Crippen molar-refractivity contribution < 1.29 is 14.6 Å². The van der Waals surface area contributed by atoms with E-state index < -0.39 is 5.60 Å². The van der Waals surface area contributed by atoms with Gasteiger partial charge in [0.15, 0.2) is 11.5 Å². The minimum Gasteiger partial charge on any atom is -0.490 e. The third-order valence-corrected chi connectivity index (χ3v) is 10.8. The number of aliphatic hydroxyl groups is 1. The topological polar surface area (TPSA) is 38.7 Å². The van der Waals surface area contributed by atoms with E-state index in [2.05, 4.69) is 126 Å². The summed E-state index contributed by atoms with van der Waals surface area (Å²) in [6.45, 7) is 10.1. The van der Waals surface area contributed by atoms with Crippen LogP contribution in [-0.4, -0.2) is 18.3 Å². The summed E-state index contributed by atoms with van der Waals surface area (Å²) in [5, 5.41) is 13.1. The van der Waals surface area contributed by atoms with Crippen LogP contribution in [0, 0.1) is 13.8 Å². The lowest BCUT2D eigenvalue weighted by molar-refractivity contribution is 0.131. The summed E-state index contributed by atoms with van der Waals surface area (Å²) in [6.07, 6.45) is 14.6. The van der Waals surface area contributed by atoms with E-state index in [1.54, 1.807) is 0 Å². The number of benzene rings is 4. The first kappa shape index (κ1) is 36.7. The van der Waals surface area contributed by atoms with Gasteiger partial charge in [-0.05, 0) is 96.5 Å². The first-order valence-electron chi connectivity index (χ1n) is 18.1. The van der Waals surface area contributed by atoms with Gasteiger partial charge in [-0.25, -0.2) is 0 Å². The minimum absolute atomic E-state index is 0.662. The molecule has 4 aromatic carbocycles. The molecule has 1 aliphatic rings. The Balaban J connectivity index is 1.51. The lowest BCUT2D eigenvalue weighted by Crippen LogP contribution is -2.27. The second-order valence-electron chi connectivity index (χ2n) is 13.5. The van der Waals surface area contributed by atoms with Crippen LogP contribution in [0.2, 0.25) is 0 Å². The van der Waals surface area contributed by atoms with Gasteiger partial charge in [-0.2, -0.15) is 0 Å². The molecule has 4 aromatic rings. The second-order valence-corrected chi connectivity index (χ2v) is 15.3. The standard InChI is InChI=1S/C43H52Br2O3/c1-5-7-9-11-13-15-23-47-41-22-17-32(27-42(41)48-24-16-14-12-10-8-6-2)37-25-30(3)31(4)26-38(37)43(46)39-28-33(44)18-20-35(39)36-21-19-34(45)29-40(36)43/h17-22,25-29,46H,5-16,23-24H2,1-4H3. The SMILES string of the molecule is CCCCCCCCOc1ccc(-c2cc(C)c(C)cc2C2(O)c3cc(Br)ccc3-c3ccc(Br)cc32)cc1OCCCCCCCC. The van der Waals surface area contributed by atoms with Crippen LogP contribution in [0.1, 0.15) is 119 Å². The molecule has 0 saturated carbocycles. The fourth-order valence-electron chi connectivity index (χ4n) is 6.93. The molecular formula is C43H52Br2O3. The zero-order chi connectivity index (χ0) is 34.1. The van der Waals surface area contributed by atoms with Crippen molar-refractivity contribution in [1.29, 1.82) is 0 Å². The van der Waals surface area contributed by atoms with E-state index >= 15 is 0 Å². The predicted molar refractivity (Wildman–Crippen MR) is 208 cm³/mol. The molecule has 0 fully saturated rings. The van der Waals surface area contributed by atoms with Crippen molar-refractivity contribution in [2.75, 3.05) is 13.2 Å². The molecule has 1 aliphatic carbocycles. The van der Waals surface area contributed by atoms with E-state index in [0.29, 0.717) is 13.2 Å². The zero-order valence-corrected chi connectivity index (χ0v) is 32.4. The summed E-state index contributed by atoms with van der Waals surface area (Å²) in [6, 6.07) is 23.2. The molecule has 0 amide bonds. The minimum atomic E-state index is -1.35. The summed E-state index contributed by atoms with van der Waals surface area (Å²) >= 11 is 7.39. The van der Waals surface area contributed by atoms with Gasteiger partial charge in [0.1, 0.15) is 5.60 Å². The van der Waals surface area contributed by atoms with Crippen molar-refractivity contribution in [1.82, 2.24) is 0 Å². The van der Waals surface area contributed by atoms with Crippen LogP contribution in [0.5, 0.6) is 11.5 Å². The molecule has 0 radical (unpaired) electrons. The third-order valence-electron chi connectivity index (χ3n) is 9.82. The Labute approximate surface area is 305 Å². The summed E-state index contributed by atoms with van der Waals surface area (Å²) in [7, 11) is 0. The Morgan fingerprint density at radius 3 is 1.56 bits per heavy atom. The number of hydrogen-bond donors (Lipinski definition) is 1. The normalized spacial score (nSPS) is 13.0. The number of fused-ring (bicyclic) bond motifs is 3. The van der Waals surface area contributed by atoms with Gasteiger partial charge in [-0.15, -0.1) is 0 Å². The monoisotopic (exact) mass is 774 g/mol. The molecule has 0 bridgehead atoms. The number of unbranched alkanes of at least 4 members (excludes halogenated alkanes) is 10. The van der Waals surface area contributed by atoms with Crippen LogP contribution in [0.25, 0.3) is 22.3 Å². The lowest BCUT2D eigenvalue weighted by Gasteiger charge is -2.30. The summed E-state index contributed by atoms with van der Waals surface area (Å²) in [5.41, 5.74) is 7.70. The number of ether oxygens (including phenoxy) is 2. The number of hydrogen-bond acceptors (Lipinski definition) is 3. The fraction of sp³-hybridized carbons (Fsp3) is 0.442. The van der Waals surface area contributed by atoms with Gasteiger partial charge in [0.05, 0.1) is 13.2 Å². The van der Waals surface area contributed by atoms with Crippen molar-refractivity contribution in [2.45, 2.75) is 110 Å². The van der Waals surface area contributed by atoms with Crippen LogP contribution in [0.3, 0.4) is 0 Å². The van der Waals surface area contributed by atoms with Gasteiger partial charge in [-0.1, -0.05) is 140 Å². The van der Waals surface area contributed by atoms with Crippen molar-refractivity contribution in [3.05, 3.63) is 103 Å². The number of halogens is 2. The largest absolute Gasteiger partial charge is 0.490 e. The summed E-state index contributed by atoms with van der Waals surface area (Å²) < 4.78 is 14.8. The highest BCUT2D eigenvalue weighted by atomic mass is 79.9. The fourth-order valence-corrected chi connectivity index (χ4v) is 7.65. The van der Waals surface area contributed by atoms with Gasteiger partial charge < -0.3 is 14.6 Å². The first-order chi connectivity index (χ1) is 23.3. The average Bonchev–Trinajstić information content (AvgIpc) is 3.32. The van der Waals surface area contributed by atoms with Crippen molar-refractivity contribution >= 4 is 31.9 Å². The molecule has 0 heterocycles. The molecule has 3 nitrogen and oxygen atoms in total. The van der Waals surface area contributed by atoms with E-state index in [0.717, 1.165) is 77.8 Å². The van der Waals surface area contributed by atoms with Crippen molar-refractivity contribution in [2.24, 2.45) is 0 Å². The Morgan fingerprint density at radius 1 is 0.521 bits per heavy atom. The molecular weight excluding hydrogens is 724 g/mol. The highest BCUT2D eigenvalue weighted by molar-refractivity contribution is 9.10. The maximum absolute atomic E-state index is 13.1. The van der Waals surface area contributed by atoms with Crippen LogP contribution in [0.15, 0.2) is 75.7 Å². The first-order valence-corrected chi connectivity index (χ1v) is 19.7. The predicted octanol–water partition coefficient (Wildman–Crippen LogP) is 13.2. The Morgan fingerprint density at radius 2 is 1.00 bits per heavy atom. The van der Waals surface area contributed by atoms with E-state index in [-0.39, 0.29) is 0 Å². The van der Waals surface area contributed by atoms with Gasteiger partial charge in [0.25, 0.3) is 0 Å². The highest BCUT2D eigenvalue weighted by Gasteiger charge is 2.45. The van der Waals surface area contributed by atoms with Gasteiger partial charge >= 0.3 is 0 Å². The molecule has 5 heteroatoms. The Kier molecular flexibility index (Phi) is 13.3. The van der Waals surface area contributed by atoms with Gasteiger partial charge in [-0.3, -0.25) is 0 Å². The zero-order valence-electron chi connectivity index (χ0n) is 29.3. The summed E-state index contributed by atoms with van der Waals surface area (Å²) in [4.78, 5) is 0. The Hall–Kier alpha value is -2.60. The quantitative estimate of drug-likeness (QED) is 0.102. The molecule has 0 unspecified atom stereocenters. The molecule has 0 spiro atoms. The molecule has 256 valence electrons. The molecule has 1 N–H and O–H groups in total. The molecule has 48 heavy (non-hydrogen) atoms. The maximum Gasteiger partial charge on any atom is 0.161 e. The molecule has 0 aliphatic heterocycles. The van der Waals surface area contributed by atoms with E-state index in [4.69, 9.17) is 9.47 Å². The van der Waals surface area contributed by atoms with Crippen LogP contribution < -0.4 is 9.47 Å². The van der Waals surface area contributed by atoms with E-state index in [1.165, 1.54) is 69.8 Å². The van der Waals surface area contributed by atoms with Gasteiger partial charge in [0, 0.05) is 25.6 Å². The van der Waals surface area contributed by atoms with Crippen molar-refractivity contribution in [3.63, 3.8) is 0 Å². The molecule has 0 saturated heterocycles. The van der Waals surface area contributed by atoms with E-state index in [1.807, 2.05) is 0 Å². The highest BCUT2D eigenvalue weighted by Crippen LogP contribution is 2.54. The Bertz CT molecular complexity index is 1630.